The van der Waals surface area contributed by atoms with E-state index in [2.05, 4.69) is 22.0 Å². The first kappa shape index (κ1) is 11.2. The molecular formula is C12H14N2OS. The third-order valence-electron chi connectivity index (χ3n) is 2.54. The zero-order valence-corrected chi connectivity index (χ0v) is 10.0. The van der Waals surface area contributed by atoms with Crippen molar-refractivity contribution in [2.45, 2.75) is 19.9 Å². The molecule has 2 rings (SSSR count). The van der Waals surface area contributed by atoms with E-state index in [4.69, 9.17) is 0 Å². The molecule has 4 heteroatoms. The summed E-state index contributed by atoms with van der Waals surface area (Å²) in [6.45, 7) is 2.80. The lowest BCUT2D eigenvalue weighted by molar-refractivity contribution is -0.690. The number of hydrogen-bond donors (Lipinski definition) is 0. The molecular weight excluding hydrogens is 220 g/mol. The van der Waals surface area contributed by atoms with E-state index in [1.807, 2.05) is 18.2 Å². The number of nitrogens with zero attached hydrogens (tertiary/aromatic N) is 2. The first-order valence-corrected chi connectivity index (χ1v) is 6.13. The topological polar surface area (TPSA) is 39.8 Å². The fraction of sp³-hybridized carbons (Fsp3) is 0.333. The third-order valence-corrected chi connectivity index (χ3v) is 3.69. The molecule has 0 bridgehead atoms. The molecule has 0 aliphatic heterocycles. The lowest BCUT2D eigenvalue weighted by Gasteiger charge is -1.99. The van der Waals surface area contributed by atoms with Crippen molar-refractivity contribution in [2.75, 3.05) is 6.61 Å². The van der Waals surface area contributed by atoms with Gasteiger partial charge in [-0.3, -0.25) is 4.98 Å². The van der Waals surface area contributed by atoms with Gasteiger partial charge >= 0.3 is 0 Å². The molecule has 2 heterocycles. The van der Waals surface area contributed by atoms with Gasteiger partial charge in [-0.1, -0.05) is 17.4 Å². The molecule has 2 aromatic rings. The second-order valence-corrected chi connectivity index (χ2v) is 4.57. The third kappa shape index (κ3) is 2.46. The number of thiazole rings is 1. The van der Waals surface area contributed by atoms with Crippen LogP contribution in [0.4, 0.5) is 0 Å². The molecule has 2 aromatic heterocycles. The minimum atomic E-state index is -0.0368. The van der Waals surface area contributed by atoms with Crippen molar-refractivity contribution in [2.24, 2.45) is 0 Å². The van der Waals surface area contributed by atoms with Gasteiger partial charge in [-0.15, -0.1) is 6.61 Å². The highest BCUT2D eigenvalue weighted by atomic mass is 32.1. The molecule has 0 aliphatic carbocycles. The van der Waals surface area contributed by atoms with Crippen LogP contribution in [0.5, 0.6) is 0 Å². The maximum absolute atomic E-state index is 10.6. The van der Waals surface area contributed by atoms with Gasteiger partial charge in [0.15, 0.2) is 12.2 Å². The van der Waals surface area contributed by atoms with Crippen molar-refractivity contribution in [3.63, 3.8) is 0 Å². The van der Waals surface area contributed by atoms with Crippen LogP contribution in [0.2, 0.25) is 0 Å². The Morgan fingerprint density at radius 2 is 2.31 bits per heavy atom. The van der Waals surface area contributed by atoms with Crippen LogP contribution in [0.15, 0.2) is 29.9 Å². The molecule has 3 nitrogen and oxygen atoms in total. The fourth-order valence-electron chi connectivity index (χ4n) is 1.61. The van der Waals surface area contributed by atoms with Gasteiger partial charge in [0, 0.05) is 13.1 Å². The van der Waals surface area contributed by atoms with Crippen molar-refractivity contribution in [1.82, 2.24) is 4.98 Å². The molecule has 0 aromatic carbocycles. The van der Waals surface area contributed by atoms with Crippen molar-refractivity contribution >= 4 is 11.3 Å². The van der Waals surface area contributed by atoms with Gasteiger partial charge in [-0.25, -0.2) is 0 Å². The van der Waals surface area contributed by atoms with Crippen LogP contribution >= 0.6 is 11.3 Å². The zero-order valence-electron chi connectivity index (χ0n) is 9.22. The minimum Gasteiger partial charge on any atom is -0.854 e. The predicted molar refractivity (Wildman–Crippen MR) is 61.2 cm³/mol. The molecule has 0 fully saturated rings. The van der Waals surface area contributed by atoms with Crippen molar-refractivity contribution in [3.05, 3.63) is 46.2 Å². The summed E-state index contributed by atoms with van der Waals surface area (Å²) >= 11 is 1.66. The largest absolute Gasteiger partial charge is 0.854 e. The van der Waals surface area contributed by atoms with E-state index in [1.165, 1.54) is 10.6 Å². The smallest absolute Gasteiger partial charge is 0.225 e. The quantitative estimate of drug-likeness (QED) is 0.730. The van der Waals surface area contributed by atoms with Crippen LogP contribution in [0, 0.1) is 6.92 Å². The molecule has 0 saturated carbocycles. The van der Waals surface area contributed by atoms with Crippen LogP contribution in [0.3, 0.4) is 0 Å². The van der Waals surface area contributed by atoms with Gasteiger partial charge in [0.1, 0.15) is 5.69 Å². The molecule has 0 aliphatic rings. The van der Waals surface area contributed by atoms with Crippen molar-refractivity contribution in [1.29, 1.82) is 0 Å². The summed E-state index contributed by atoms with van der Waals surface area (Å²) in [5, 5.41) is 10.6. The molecule has 0 unspecified atom stereocenters. The highest BCUT2D eigenvalue weighted by molar-refractivity contribution is 7.09. The minimum absolute atomic E-state index is 0.0368. The molecule has 0 amide bonds. The summed E-state index contributed by atoms with van der Waals surface area (Å²) in [6.07, 6.45) is 2.43. The Morgan fingerprint density at radius 1 is 1.44 bits per heavy atom. The summed E-state index contributed by atoms with van der Waals surface area (Å²) in [6, 6.07) is 5.91. The highest BCUT2D eigenvalue weighted by Gasteiger charge is 2.14. The first-order chi connectivity index (χ1) is 7.81. The molecule has 0 N–H and O–H groups in total. The van der Waals surface area contributed by atoms with Gasteiger partial charge in [-0.2, -0.15) is 4.57 Å². The Labute approximate surface area is 99.0 Å². The van der Waals surface area contributed by atoms with Gasteiger partial charge in [0.05, 0.1) is 4.88 Å². The average Bonchev–Trinajstić information content (AvgIpc) is 2.64. The maximum atomic E-state index is 10.6. The van der Waals surface area contributed by atoms with Gasteiger partial charge in [-0.05, 0) is 18.6 Å². The molecule has 0 saturated heterocycles. The number of hydrogen-bond acceptors (Lipinski definition) is 3. The Hall–Kier alpha value is -1.26. The van der Waals surface area contributed by atoms with Crippen LogP contribution in [0.25, 0.3) is 0 Å². The fourth-order valence-corrected chi connectivity index (χ4v) is 2.58. The van der Waals surface area contributed by atoms with Crippen LogP contribution in [0.1, 0.15) is 16.3 Å². The normalized spacial score (nSPS) is 10.6. The summed E-state index contributed by atoms with van der Waals surface area (Å²) in [5.41, 5.74) is 4.29. The van der Waals surface area contributed by atoms with Gasteiger partial charge in [0.2, 0.25) is 5.51 Å². The lowest BCUT2D eigenvalue weighted by Crippen LogP contribution is -2.35. The monoisotopic (exact) mass is 234 g/mol. The number of pyridine rings is 1. The van der Waals surface area contributed by atoms with Gasteiger partial charge in [0.25, 0.3) is 0 Å². The second kappa shape index (κ2) is 5.18. The van der Waals surface area contributed by atoms with E-state index >= 15 is 0 Å². The van der Waals surface area contributed by atoms with Crippen LogP contribution < -0.4 is 9.67 Å². The van der Waals surface area contributed by atoms with Gasteiger partial charge < -0.3 is 5.11 Å². The molecule has 84 valence electrons. The van der Waals surface area contributed by atoms with E-state index in [1.54, 1.807) is 17.5 Å². The standard InChI is InChI=1S/C12H14N2OS/c1-10-12(5-7-15)16-9-14(10)8-11-4-2-3-6-13-11/h2-4,6,9H,5,7-8H2,1H3. The van der Waals surface area contributed by atoms with E-state index in [9.17, 15) is 5.11 Å². The number of aromatic nitrogens is 2. The van der Waals surface area contributed by atoms with E-state index in [0.717, 1.165) is 12.2 Å². The first-order valence-electron chi connectivity index (χ1n) is 5.25. The summed E-state index contributed by atoms with van der Waals surface area (Å²) in [4.78, 5) is 5.48. The van der Waals surface area contributed by atoms with Crippen molar-refractivity contribution < 1.29 is 9.67 Å². The van der Waals surface area contributed by atoms with Crippen LogP contribution in [-0.2, 0) is 13.0 Å². The Morgan fingerprint density at radius 3 is 3.00 bits per heavy atom. The van der Waals surface area contributed by atoms with Crippen molar-refractivity contribution in [3.8, 4) is 0 Å². The highest BCUT2D eigenvalue weighted by Crippen LogP contribution is 2.11. The molecule has 16 heavy (non-hydrogen) atoms. The van der Waals surface area contributed by atoms with E-state index in [-0.39, 0.29) is 6.61 Å². The Kier molecular flexibility index (Phi) is 3.64. The second-order valence-electron chi connectivity index (χ2n) is 3.63. The molecule has 0 atom stereocenters. The zero-order chi connectivity index (χ0) is 11.4. The number of rotatable bonds is 4. The average molecular weight is 234 g/mol. The summed E-state index contributed by atoms with van der Waals surface area (Å²) in [5.74, 6) is 0. The maximum Gasteiger partial charge on any atom is 0.225 e. The van der Waals surface area contributed by atoms with E-state index in [0.29, 0.717) is 6.42 Å². The summed E-state index contributed by atoms with van der Waals surface area (Å²) < 4.78 is 2.15. The van der Waals surface area contributed by atoms with E-state index < -0.39 is 0 Å². The molecule has 0 radical (unpaired) electrons. The Bertz CT molecular complexity index is 453. The molecule has 0 spiro atoms. The SMILES string of the molecule is Cc1c(CC[O-])sc[n+]1Cc1ccccn1. The predicted octanol–water partition coefficient (Wildman–Crippen LogP) is 0.690. The summed E-state index contributed by atoms with van der Waals surface area (Å²) in [7, 11) is 0. The lowest BCUT2D eigenvalue weighted by atomic mass is 10.3. The van der Waals surface area contributed by atoms with Crippen LogP contribution in [-0.4, -0.2) is 11.6 Å². The Balaban J connectivity index is 2.16.